The minimum atomic E-state index is 0.822. The molecule has 0 aliphatic heterocycles. The standard InChI is InChI=1S/C9H15N3/c1-4-5-9(10)8-6-11-12(3)7(8)2/h5-6H,4,10H2,1-3H3/b9-5+. The fourth-order valence-corrected chi connectivity index (χ4v) is 1.11. The van der Waals surface area contributed by atoms with Crippen LogP contribution >= 0.6 is 0 Å². The van der Waals surface area contributed by atoms with Crippen LogP contribution in [0, 0.1) is 6.92 Å². The molecule has 1 heterocycles. The lowest BCUT2D eigenvalue weighted by Crippen LogP contribution is -1.99. The molecule has 0 unspecified atom stereocenters. The molecule has 0 radical (unpaired) electrons. The van der Waals surface area contributed by atoms with E-state index in [9.17, 15) is 0 Å². The Morgan fingerprint density at radius 3 is 2.83 bits per heavy atom. The molecule has 0 atom stereocenters. The summed E-state index contributed by atoms with van der Waals surface area (Å²) in [5.74, 6) is 0. The Morgan fingerprint density at radius 1 is 1.75 bits per heavy atom. The molecule has 1 aromatic heterocycles. The minimum Gasteiger partial charge on any atom is -0.398 e. The van der Waals surface area contributed by atoms with Gasteiger partial charge in [-0.1, -0.05) is 13.0 Å². The van der Waals surface area contributed by atoms with E-state index < -0.39 is 0 Å². The van der Waals surface area contributed by atoms with Crippen molar-refractivity contribution in [2.75, 3.05) is 0 Å². The van der Waals surface area contributed by atoms with Crippen LogP contribution in [0.1, 0.15) is 24.6 Å². The monoisotopic (exact) mass is 165 g/mol. The average Bonchev–Trinajstić information content (AvgIpc) is 2.34. The predicted octanol–water partition coefficient (Wildman–Crippen LogP) is 1.44. The number of hydrogen-bond acceptors (Lipinski definition) is 2. The summed E-state index contributed by atoms with van der Waals surface area (Å²) in [6.45, 7) is 4.08. The van der Waals surface area contributed by atoms with E-state index >= 15 is 0 Å². The largest absolute Gasteiger partial charge is 0.398 e. The summed E-state index contributed by atoms with van der Waals surface area (Å²) in [7, 11) is 1.91. The van der Waals surface area contributed by atoms with Crippen LogP contribution in [0.3, 0.4) is 0 Å². The molecule has 66 valence electrons. The lowest BCUT2D eigenvalue weighted by Gasteiger charge is -1.99. The molecule has 12 heavy (non-hydrogen) atoms. The van der Waals surface area contributed by atoms with Gasteiger partial charge in [-0.05, 0) is 13.3 Å². The first-order chi connectivity index (χ1) is 5.66. The third kappa shape index (κ3) is 1.49. The summed E-state index contributed by atoms with van der Waals surface area (Å²) >= 11 is 0. The fourth-order valence-electron chi connectivity index (χ4n) is 1.11. The zero-order valence-corrected chi connectivity index (χ0v) is 7.83. The van der Waals surface area contributed by atoms with E-state index in [2.05, 4.69) is 12.0 Å². The number of nitrogens with two attached hydrogens (primary N) is 1. The normalized spacial score (nSPS) is 12.1. The molecule has 3 nitrogen and oxygen atoms in total. The second kappa shape index (κ2) is 3.43. The van der Waals surface area contributed by atoms with Crippen molar-refractivity contribution in [3.8, 4) is 0 Å². The van der Waals surface area contributed by atoms with Gasteiger partial charge in [-0.2, -0.15) is 5.10 Å². The van der Waals surface area contributed by atoms with Crippen LogP contribution in [0.25, 0.3) is 5.70 Å². The first-order valence-electron chi connectivity index (χ1n) is 4.11. The van der Waals surface area contributed by atoms with Crippen molar-refractivity contribution in [2.24, 2.45) is 12.8 Å². The van der Waals surface area contributed by atoms with E-state index in [1.54, 1.807) is 6.20 Å². The number of rotatable bonds is 2. The molecule has 1 aromatic rings. The summed E-state index contributed by atoms with van der Waals surface area (Å²) in [5, 5.41) is 4.12. The number of nitrogens with zero attached hydrogens (tertiary/aromatic N) is 2. The Labute approximate surface area is 72.9 Å². The Bertz CT molecular complexity index is 297. The molecule has 0 aliphatic carbocycles. The summed E-state index contributed by atoms with van der Waals surface area (Å²) < 4.78 is 1.83. The molecule has 2 N–H and O–H groups in total. The third-order valence-electron chi connectivity index (χ3n) is 1.97. The maximum atomic E-state index is 5.83. The van der Waals surface area contributed by atoms with E-state index in [0.717, 1.165) is 23.4 Å². The van der Waals surface area contributed by atoms with Crippen LogP contribution in [0.2, 0.25) is 0 Å². The first-order valence-corrected chi connectivity index (χ1v) is 4.11. The van der Waals surface area contributed by atoms with Gasteiger partial charge in [0.1, 0.15) is 0 Å². The van der Waals surface area contributed by atoms with Crippen LogP contribution in [0.15, 0.2) is 12.3 Å². The molecule has 0 amide bonds. The fraction of sp³-hybridized carbons (Fsp3) is 0.444. The minimum absolute atomic E-state index is 0.822. The van der Waals surface area contributed by atoms with Crippen molar-refractivity contribution in [2.45, 2.75) is 20.3 Å². The predicted molar refractivity (Wildman–Crippen MR) is 50.4 cm³/mol. The third-order valence-corrected chi connectivity index (χ3v) is 1.97. The topological polar surface area (TPSA) is 43.8 Å². The van der Waals surface area contributed by atoms with Crippen molar-refractivity contribution in [1.29, 1.82) is 0 Å². The highest BCUT2D eigenvalue weighted by Crippen LogP contribution is 2.13. The molecule has 0 saturated carbocycles. The Balaban J connectivity index is 3.03. The zero-order chi connectivity index (χ0) is 9.14. The highest BCUT2D eigenvalue weighted by molar-refractivity contribution is 5.63. The molecule has 0 saturated heterocycles. The van der Waals surface area contributed by atoms with Gasteiger partial charge in [0, 0.05) is 24.0 Å². The first kappa shape index (κ1) is 8.84. The number of aromatic nitrogens is 2. The number of aryl methyl sites for hydroxylation is 1. The molecule has 0 aromatic carbocycles. The van der Waals surface area contributed by atoms with Gasteiger partial charge in [-0.15, -0.1) is 0 Å². The van der Waals surface area contributed by atoms with Gasteiger partial charge in [-0.25, -0.2) is 0 Å². The van der Waals surface area contributed by atoms with Crippen molar-refractivity contribution in [3.63, 3.8) is 0 Å². The Kier molecular flexibility index (Phi) is 2.53. The van der Waals surface area contributed by atoms with Crippen molar-refractivity contribution >= 4 is 5.70 Å². The van der Waals surface area contributed by atoms with Crippen LogP contribution in [-0.2, 0) is 7.05 Å². The quantitative estimate of drug-likeness (QED) is 0.720. The molecule has 3 heteroatoms. The summed E-state index contributed by atoms with van der Waals surface area (Å²) in [5.41, 5.74) is 8.80. The molecular formula is C9H15N3. The second-order valence-corrected chi connectivity index (χ2v) is 2.83. The van der Waals surface area contributed by atoms with Gasteiger partial charge in [0.2, 0.25) is 0 Å². The van der Waals surface area contributed by atoms with Gasteiger partial charge >= 0.3 is 0 Å². The lowest BCUT2D eigenvalue weighted by molar-refractivity contribution is 0.739. The van der Waals surface area contributed by atoms with Gasteiger partial charge in [0.25, 0.3) is 0 Å². The molecule has 0 fully saturated rings. The van der Waals surface area contributed by atoms with E-state index in [4.69, 9.17) is 5.73 Å². The van der Waals surface area contributed by atoms with Crippen molar-refractivity contribution in [1.82, 2.24) is 9.78 Å². The molecular weight excluding hydrogens is 150 g/mol. The van der Waals surface area contributed by atoms with Gasteiger partial charge in [0.05, 0.1) is 6.20 Å². The maximum Gasteiger partial charge on any atom is 0.0585 e. The highest BCUT2D eigenvalue weighted by Gasteiger charge is 2.04. The second-order valence-electron chi connectivity index (χ2n) is 2.83. The molecule has 0 bridgehead atoms. The smallest absolute Gasteiger partial charge is 0.0585 e. The van der Waals surface area contributed by atoms with Gasteiger partial charge < -0.3 is 5.73 Å². The summed E-state index contributed by atoms with van der Waals surface area (Å²) in [6.07, 6.45) is 4.76. The zero-order valence-electron chi connectivity index (χ0n) is 7.83. The van der Waals surface area contributed by atoms with E-state index in [0.29, 0.717) is 0 Å². The summed E-state index contributed by atoms with van der Waals surface area (Å²) in [6, 6.07) is 0. The van der Waals surface area contributed by atoms with Crippen molar-refractivity contribution in [3.05, 3.63) is 23.5 Å². The van der Waals surface area contributed by atoms with E-state index in [1.807, 2.05) is 24.7 Å². The molecule has 0 spiro atoms. The van der Waals surface area contributed by atoms with Crippen LogP contribution in [0.5, 0.6) is 0 Å². The molecule has 0 aliphatic rings. The van der Waals surface area contributed by atoms with Crippen LogP contribution in [0.4, 0.5) is 0 Å². The highest BCUT2D eigenvalue weighted by atomic mass is 15.3. The van der Waals surface area contributed by atoms with Gasteiger partial charge in [-0.3, -0.25) is 4.68 Å². The summed E-state index contributed by atoms with van der Waals surface area (Å²) in [4.78, 5) is 0. The van der Waals surface area contributed by atoms with E-state index in [-0.39, 0.29) is 0 Å². The molecule has 1 rings (SSSR count). The number of hydrogen-bond donors (Lipinski definition) is 1. The van der Waals surface area contributed by atoms with Crippen LogP contribution < -0.4 is 5.73 Å². The lowest BCUT2D eigenvalue weighted by atomic mass is 10.2. The Hall–Kier alpha value is -1.25. The maximum absolute atomic E-state index is 5.83. The van der Waals surface area contributed by atoms with Gasteiger partial charge in [0.15, 0.2) is 0 Å². The van der Waals surface area contributed by atoms with Crippen LogP contribution in [-0.4, -0.2) is 9.78 Å². The average molecular weight is 165 g/mol. The van der Waals surface area contributed by atoms with Crippen molar-refractivity contribution < 1.29 is 0 Å². The number of allylic oxidation sites excluding steroid dienone is 1. The Morgan fingerprint density at radius 2 is 2.42 bits per heavy atom. The van der Waals surface area contributed by atoms with E-state index in [1.165, 1.54) is 0 Å². The SMILES string of the molecule is CC/C=C(/N)c1cnn(C)c1C.